The van der Waals surface area contributed by atoms with E-state index in [-0.39, 0.29) is 5.92 Å². The van der Waals surface area contributed by atoms with Gasteiger partial charge in [0.2, 0.25) is 0 Å². The molecule has 2 aromatic rings. The number of piperidine rings is 1. The van der Waals surface area contributed by atoms with E-state index in [2.05, 4.69) is 16.0 Å². The molecule has 1 aromatic heterocycles. The highest BCUT2D eigenvalue weighted by Gasteiger charge is 2.26. The number of carboxylic acids is 1. The second kappa shape index (κ2) is 6.36. The van der Waals surface area contributed by atoms with E-state index >= 15 is 0 Å². The van der Waals surface area contributed by atoms with Crippen LogP contribution in [0.2, 0.25) is 0 Å². The van der Waals surface area contributed by atoms with E-state index in [0.717, 1.165) is 22.3 Å². The predicted molar refractivity (Wildman–Crippen MR) is 93.4 cm³/mol. The number of rotatable bonds is 3. The zero-order chi connectivity index (χ0) is 17.3. The second-order valence-corrected chi connectivity index (χ2v) is 6.30. The molecule has 1 aliphatic heterocycles. The van der Waals surface area contributed by atoms with Crippen LogP contribution in [0.25, 0.3) is 10.8 Å². The van der Waals surface area contributed by atoms with Crippen molar-refractivity contribution in [2.45, 2.75) is 12.8 Å². The molecule has 0 bridgehead atoms. The lowest BCUT2D eigenvalue weighted by Crippen LogP contribution is -2.36. The molecule has 3 rings (SSSR count). The van der Waals surface area contributed by atoms with Crippen LogP contribution in [0, 0.1) is 17.2 Å². The number of hydrogen-bond donors (Lipinski definition) is 1. The summed E-state index contributed by atoms with van der Waals surface area (Å²) in [6.45, 7) is 1.37. The Hall–Kier alpha value is -2.81. The molecule has 0 atom stereocenters. The van der Waals surface area contributed by atoms with Gasteiger partial charge in [0.15, 0.2) is 0 Å². The first-order valence-corrected chi connectivity index (χ1v) is 8.00. The Balaban J connectivity index is 2.06. The lowest BCUT2D eigenvalue weighted by atomic mass is 9.96. The first-order chi connectivity index (χ1) is 11.5. The SMILES string of the molecule is CN(C)c1ncc(N2CCC(C(=O)O)CC2)c2cccc(C#N)c12. The maximum Gasteiger partial charge on any atom is 0.306 e. The van der Waals surface area contributed by atoms with Crippen molar-refractivity contribution in [2.24, 2.45) is 5.92 Å². The average Bonchev–Trinajstić information content (AvgIpc) is 2.60. The van der Waals surface area contributed by atoms with E-state index in [1.54, 1.807) is 6.07 Å². The number of carbonyl (C=O) groups is 1. The fraction of sp³-hybridized carbons (Fsp3) is 0.389. The first kappa shape index (κ1) is 16.1. The molecule has 124 valence electrons. The Kier molecular flexibility index (Phi) is 4.26. The van der Waals surface area contributed by atoms with Crippen molar-refractivity contribution in [1.82, 2.24) is 4.98 Å². The Bertz CT molecular complexity index is 818. The summed E-state index contributed by atoms with van der Waals surface area (Å²) >= 11 is 0. The molecule has 0 saturated carbocycles. The van der Waals surface area contributed by atoms with Crippen molar-refractivity contribution in [3.63, 3.8) is 0 Å². The highest BCUT2D eigenvalue weighted by Crippen LogP contribution is 2.35. The van der Waals surface area contributed by atoms with Gasteiger partial charge in [0.1, 0.15) is 5.82 Å². The van der Waals surface area contributed by atoms with Crippen LogP contribution in [-0.4, -0.2) is 43.2 Å². The van der Waals surface area contributed by atoms with E-state index in [0.29, 0.717) is 31.5 Å². The van der Waals surface area contributed by atoms with Crippen molar-refractivity contribution < 1.29 is 9.90 Å². The highest BCUT2D eigenvalue weighted by atomic mass is 16.4. The number of anilines is 2. The number of fused-ring (bicyclic) bond motifs is 1. The molecule has 1 aliphatic rings. The number of nitriles is 1. The molecule has 0 unspecified atom stereocenters. The number of pyridine rings is 1. The monoisotopic (exact) mass is 324 g/mol. The van der Waals surface area contributed by atoms with Gasteiger partial charge < -0.3 is 14.9 Å². The van der Waals surface area contributed by atoms with Crippen LogP contribution >= 0.6 is 0 Å². The second-order valence-electron chi connectivity index (χ2n) is 6.30. The van der Waals surface area contributed by atoms with E-state index < -0.39 is 5.97 Å². The molecule has 0 spiro atoms. The number of nitrogens with zero attached hydrogens (tertiary/aromatic N) is 4. The Labute approximate surface area is 140 Å². The minimum atomic E-state index is -0.715. The summed E-state index contributed by atoms with van der Waals surface area (Å²) in [5.41, 5.74) is 1.57. The number of benzene rings is 1. The number of carboxylic acid groups (broad SMARTS) is 1. The number of aliphatic carboxylic acids is 1. The molecule has 6 heteroatoms. The fourth-order valence-corrected chi connectivity index (χ4v) is 3.31. The van der Waals surface area contributed by atoms with Crippen LogP contribution in [-0.2, 0) is 4.79 Å². The predicted octanol–water partition coefficient (Wildman–Crippen LogP) is 2.47. The number of aromatic nitrogens is 1. The van der Waals surface area contributed by atoms with Crippen LogP contribution in [0.5, 0.6) is 0 Å². The van der Waals surface area contributed by atoms with E-state index in [1.165, 1.54) is 0 Å². The quantitative estimate of drug-likeness (QED) is 0.934. The van der Waals surface area contributed by atoms with Crippen LogP contribution in [0.4, 0.5) is 11.5 Å². The largest absolute Gasteiger partial charge is 0.481 e. The molecule has 1 N–H and O–H groups in total. The van der Waals surface area contributed by atoms with Crippen LogP contribution < -0.4 is 9.80 Å². The van der Waals surface area contributed by atoms with Crippen LogP contribution in [0.1, 0.15) is 18.4 Å². The zero-order valence-electron chi connectivity index (χ0n) is 13.9. The molecule has 1 aromatic carbocycles. The maximum absolute atomic E-state index is 11.1. The average molecular weight is 324 g/mol. The van der Waals surface area contributed by atoms with Crippen molar-refractivity contribution in [1.29, 1.82) is 5.26 Å². The van der Waals surface area contributed by atoms with Crippen molar-refractivity contribution in [2.75, 3.05) is 37.0 Å². The van der Waals surface area contributed by atoms with Crippen molar-refractivity contribution in [3.8, 4) is 6.07 Å². The standard InChI is InChI=1S/C18H20N4O2/c1-21(2)17-16-13(10-19)4-3-5-14(16)15(11-20-17)22-8-6-12(7-9-22)18(23)24/h3-5,11-12H,6-9H2,1-2H3,(H,23,24). The molecule has 6 nitrogen and oxygen atoms in total. The van der Waals surface area contributed by atoms with Gasteiger partial charge in [-0.1, -0.05) is 12.1 Å². The number of hydrogen-bond acceptors (Lipinski definition) is 5. The summed E-state index contributed by atoms with van der Waals surface area (Å²) < 4.78 is 0. The molecule has 24 heavy (non-hydrogen) atoms. The summed E-state index contributed by atoms with van der Waals surface area (Å²) in [5, 5.41) is 20.5. The first-order valence-electron chi connectivity index (χ1n) is 8.00. The van der Waals surface area contributed by atoms with Gasteiger partial charge in [-0.3, -0.25) is 4.79 Å². The van der Waals surface area contributed by atoms with Crippen LogP contribution in [0.15, 0.2) is 24.4 Å². The molecule has 1 saturated heterocycles. The third-order valence-corrected chi connectivity index (χ3v) is 4.60. The van der Waals surface area contributed by atoms with E-state index in [1.807, 2.05) is 37.3 Å². The zero-order valence-corrected chi connectivity index (χ0v) is 13.9. The minimum absolute atomic E-state index is 0.267. The lowest BCUT2D eigenvalue weighted by molar-refractivity contribution is -0.142. The van der Waals surface area contributed by atoms with Crippen molar-refractivity contribution in [3.05, 3.63) is 30.0 Å². The van der Waals surface area contributed by atoms with Gasteiger partial charge in [0, 0.05) is 38.0 Å². The van der Waals surface area contributed by atoms with Gasteiger partial charge in [0.25, 0.3) is 0 Å². The fourth-order valence-electron chi connectivity index (χ4n) is 3.31. The molecular formula is C18H20N4O2. The Morgan fingerprint density at radius 3 is 2.67 bits per heavy atom. The van der Waals surface area contributed by atoms with Crippen molar-refractivity contribution >= 4 is 28.2 Å². The Morgan fingerprint density at radius 1 is 1.38 bits per heavy atom. The van der Waals surface area contributed by atoms with Gasteiger partial charge in [-0.05, 0) is 18.9 Å². The molecule has 0 amide bonds. The van der Waals surface area contributed by atoms with Gasteiger partial charge in [-0.2, -0.15) is 5.26 Å². The van der Waals surface area contributed by atoms with Gasteiger partial charge in [-0.25, -0.2) is 4.98 Å². The maximum atomic E-state index is 11.1. The third-order valence-electron chi connectivity index (χ3n) is 4.60. The molecular weight excluding hydrogens is 304 g/mol. The van der Waals surface area contributed by atoms with E-state index in [9.17, 15) is 10.1 Å². The molecule has 0 aliphatic carbocycles. The Morgan fingerprint density at radius 2 is 2.08 bits per heavy atom. The minimum Gasteiger partial charge on any atom is -0.481 e. The smallest absolute Gasteiger partial charge is 0.306 e. The van der Waals surface area contributed by atoms with Crippen LogP contribution in [0.3, 0.4) is 0 Å². The van der Waals surface area contributed by atoms with E-state index in [4.69, 9.17) is 5.11 Å². The third kappa shape index (κ3) is 2.73. The summed E-state index contributed by atoms with van der Waals surface area (Å²) in [6, 6.07) is 7.94. The topological polar surface area (TPSA) is 80.5 Å². The lowest BCUT2D eigenvalue weighted by Gasteiger charge is -2.33. The van der Waals surface area contributed by atoms with Gasteiger partial charge in [-0.15, -0.1) is 0 Å². The normalized spacial score (nSPS) is 15.3. The highest BCUT2D eigenvalue weighted by molar-refractivity contribution is 6.03. The molecule has 2 heterocycles. The summed E-state index contributed by atoms with van der Waals surface area (Å²) in [4.78, 5) is 19.8. The molecule has 1 fully saturated rings. The van der Waals surface area contributed by atoms with Gasteiger partial charge >= 0.3 is 5.97 Å². The summed E-state index contributed by atoms with van der Waals surface area (Å²) in [7, 11) is 3.82. The summed E-state index contributed by atoms with van der Waals surface area (Å²) in [5.74, 6) is -0.213. The van der Waals surface area contributed by atoms with Gasteiger partial charge in [0.05, 0.1) is 29.4 Å². The molecule has 0 radical (unpaired) electrons. The summed E-state index contributed by atoms with van der Waals surface area (Å²) in [6.07, 6.45) is 3.09.